The van der Waals surface area contributed by atoms with Crippen LogP contribution in [-0.2, 0) is 0 Å². The van der Waals surface area contributed by atoms with E-state index in [-0.39, 0.29) is 17.0 Å². The molecule has 2 N–H and O–H groups in total. The molecule has 0 aliphatic heterocycles. The summed E-state index contributed by atoms with van der Waals surface area (Å²) in [5.74, 6) is -0.177. The van der Waals surface area contributed by atoms with E-state index >= 15 is 0 Å². The Morgan fingerprint density at radius 2 is 2.23 bits per heavy atom. The lowest BCUT2D eigenvalue weighted by molar-refractivity contribution is -0.384. The number of benzene rings is 1. The number of nitro groups is 1. The van der Waals surface area contributed by atoms with Crippen molar-refractivity contribution in [2.45, 2.75) is 0 Å². The largest absolute Gasteiger partial charge is 0.507 e. The Hall–Kier alpha value is -2.11. The predicted octanol–water partition coefficient (Wildman–Crippen LogP) is 1.11. The Labute approximate surface area is 72.9 Å². The van der Waals surface area contributed by atoms with Crippen molar-refractivity contribution in [3.8, 4) is 5.75 Å². The van der Waals surface area contributed by atoms with Crippen LogP contribution in [0.15, 0.2) is 23.4 Å². The number of nitrogens with zero attached hydrogens (tertiary/aromatic N) is 2. The molecule has 0 saturated carbocycles. The lowest BCUT2D eigenvalue weighted by atomic mass is 10.2. The van der Waals surface area contributed by atoms with Gasteiger partial charge in [0.2, 0.25) is 0 Å². The Morgan fingerprint density at radius 3 is 2.77 bits per heavy atom. The quantitative estimate of drug-likeness (QED) is 0.310. The van der Waals surface area contributed by atoms with Crippen molar-refractivity contribution in [3.05, 3.63) is 33.9 Å². The summed E-state index contributed by atoms with van der Waals surface area (Å²) in [7, 11) is 0. The van der Waals surface area contributed by atoms with Crippen LogP contribution in [0, 0.1) is 10.1 Å². The third kappa shape index (κ3) is 1.92. The van der Waals surface area contributed by atoms with Crippen LogP contribution >= 0.6 is 0 Å². The van der Waals surface area contributed by atoms with Gasteiger partial charge in [0, 0.05) is 17.7 Å². The van der Waals surface area contributed by atoms with E-state index < -0.39 is 4.92 Å². The van der Waals surface area contributed by atoms with Gasteiger partial charge in [0.05, 0.1) is 11.1 Å². The zero-order valence-electron chi connectivity index (χ0n) is 6.41. The van der Waals surface area contributed by atoms with E-state index in [1.807, 2.05) is 0 Å². The van der Waals surface area contributed by atoms with Gasteiger partial charge in [-0.15, -0.1) is 0 Å². The monoisotopic (exact) mass is 182 g/mol. The summed E-state index contributed by atoms with van der Waals surface area (Å²) in [4.78, 5) is 9.68. The maximum absolute atomic E-state index is 10.3. The highest BCUT2D eigenvalue weighted by atomic mass is 16.6. The second-order valence-corrected chi connectivity index (χ2v) is 2.24. The molecule has 0 unspecified atom stereocenters. The van der Waals surface area contributed by atoms with Crippen LogP contribution < -0.4 is 0 Å². The van der Waals surface area contributed by atoms with Crippen molar-refractivity contribution in [1.82, 2.24) is 0 Å². The summed E-state index contributed by atoms with van der Waals surface area (Å²) in [5, 5.41) is 30.2. The lowest BCUT2D eigenvalue weighted by Gasteiger charge is -1.96. The third-order valence-corrected chi connectivity index (χ3v) is 1.42. The molecule has 6 heteroatoms. The van der Waals surface area contributed by atoms with Crippen LogP contribution in [0.5, 0.6) is 5.75 Å². The number of aromatic hydroxyl groups is 1. The van der Waals surface area contributed by atoms with Crippen molar-refractivity contribution in [3.63, 3.8) is 0 Å². The minimum absolute atomic E-state index is 0.0942. The Kier molecular flexibility index (Phi) is 2.44. The number of rotatable bonds is 2. The first-order valence-corrected chi connectivity index (χ1v) is 3.30. The fourth-order valence-corrected chi connectivity index (χ4v) is 0.821. The summed E-state index contributed by atoms with van der Waals surface area (Å²) in [6.45, 7) is 0. The molecule has 0 atom stereocenters. The van der Waals surface area contributed by atoms with E-state index in [0.29, 0.717) is 0 Å². The minimum atomic E-state index is -0.603. The van der Waals surface area contributed by atoms with Crippen molar-refractivity contribution < 1.29 is 15.2 Å². The van der Waals surface area contributed by atoms with Gasteiger partial charge in [0.1, 0.15) is 5.75 Å². The molecule has 6 nitrogen and oxygen atoms in total. The number of oxime groups is 1. The van der Waals surface area contributed by atoms with Crippen LogP contribution in [0.25, 0.3) is 0 Å². The summed E-state index contributed by atoms with van der Waals surface area (Å²) in [6.07, 6.45) is 0.919. The van der Waals surface area contributed by atoms with E-state index in [9.17, 15) is 10.1 Å². The molecule has 1 aromatic rings. The first-order valence-electron chi connectivity index (χ1n) is 3.30. The summed E-state index contributed by atoms with van der Waals surface area (Å²) < 4.78 is 0. The second kappa shape index (κ2) is 3.53. The topological polar surface area (TPSA) is 96.0 Å². The van der Waals surface area contributed by atoms with E-state index in [1.165, 1.54) is 0 Å². The molecular weight excluding hydrogens is 176 g/mol. The molecule has 0 saturated heterocycles. The van der Waals surface area contributed by atoms with Crippen molar-refractivity contribution in [2.24, 2.45) is 5.16 Å². The number of phenols is 1. The molecule has 68 valence electrons. The Balaban J connectivity index is 3.18. The standard InChI is InChI=1S/C7H6N2O4/c10-7-2-1-6(9(12)13)3-5(7)4-8-11/h1-4,10-11H/b8-4-. The van der Waals surface area contributed by atoms with Crippen molar-refractivity contribution >= 4 is 11.9 Å². The molecule has 0 spiro atoms. The van der Waals surface area contributed by atoms with E-state index in [4.69, 9.17) is 10.3 Å². The second-order valence-electron chi connectivity index (χ2n) is 2.24. The van der Waals surface area contributed by atoms with Gasteiger partial charge in [-0.25, -0.2) is 0 Å². The van der Waals surface area contributed by atoms with Gasteiger partial charge in [-0.2, -0.15) is 0 Å². The smallest absolute Gasteiger partial charge is 0.270 e. The SMILES string of the molecule is O=[N+]([O-])c1ccc(O)c(/C=N\O)c1. The predicted molar refractivity (Wildman–Crippen MR) is 44.1 cm³/mol. The van der Waals surface area contributed by atoms with Gasteiger partial charge in [-0.3, -0.25) is 10.1 Å². The molecule has 0 bridgehead atoms. The Morgan fingerprint density at radius 1 is 1.54 bits per heavy atom. The van der Waals surface area contributed by atoms with Gasteiger partial charge in [-0.05, 0) is 6.07 Å². The number of non-ortho nitro benzene ring substituents is 1. The number of hydrogen-bond donors (Lipinski definition) is 2. The van der Waals surface area contributed by atoms with Crippen LogP contribution in [0.1, 0.15) is 5.56 Å². The maximum Gasteiger partial charge on any atom is 0.270 e. The van der Waals surface area contributed by atoms with Gasteiger partial charge in [0.25, 0.3) is 5.69 Å². The van der Waals surface area contributed by atoms with Gasteiger partial charge in [0.15, 0.2) is 0 Å². The molecule has 1 rings (SSSR count). The zero-order valence-corrected chi connectivity index (χ0v) is 6.41. The summed E-state index contributed by atoms with van der Waals surface area (Å²) >= 11 is 0. The molecule has 0 aromatic heterocycles. The van der Waals surface area contributed by atoms with E-state index in [0.717, 1.165) is 24.4 Å². The molecule has 0 radical (unpaired) electrons. The van der Waals surface area contributed by atoms with Crippen LogP contribution in [0.2, 0.25) is 0 Å². The fraction of sp³-hybridized carbons (Fsp3) is 0. The molecule has 0 amide bonds. The van der Waals surface area contributed by atoms with Crippen molar-refractivity contribution in [2.75, 3.05) is 0 Å². The highest BCUT2D eigenvalue weighted by Crippen LogP contribution is 2.20. The zero-order chi connectivity index (χ0) is 9.84. The van der Waals surface area contributed by atoms with Gasteiger partial charge < -0.3 is 10.3 Å². The molecule has 0 heterocycles. The van der Waals surface area contributed by atoms with Gasteiger partial charge in [-0.1, -0.05) is 5.16 Å². The van der Waals surface area contributed by atoms with Crippen molar-refractivity contribution in [1.29, 1.82) is 0 Å². The van der Waals surface area contributed by atoms with Crippen LogP contribution in [0.3, 0.4) is 0 Å². The molecule has 0 fully saturated rings. The summed E-state index contributed by atoms with van der Waals surface area (Å²) in [6, 6.07) is 3.42. The highest BCUT2D eigenvalue weighted by Gasteiger charge is 2.08. The minimum Gasteiger partial charge on any atom is -0.507 e. The van der Waals surface area contributed by atoms with Crippen LogP contribution in [-0.4, -0.2) is 21.5 Å². The molecule has 0 aliphatic rings. The number of nitro benzene ring substituents is 1. The average Bonchev–Trinajstić information content (AvgIpc) is 2.08. The number of phenolic OH excluding ortho intramolecular Hbond substituents is 1. The Bertz CT molecular complexity index is 362. The number of hydrogen-bond acceptors (Lipinski definition) is 5. The normalized spacial score (nSPS) is 10.5. The van der Waals surface area contributed by atoms with Gasteiger partial charge >= 0.3 is 0 Å². The van der Waals surface area contributed by atoms with E-state index in [2.05, 4.69) is 5.16 Å². The first-order chi connectivity index (χ1) is 6.15. The molecular formula is C7H6N2O4. The maximum atomic E-state index is 10.3. The lowest BCUT2D eigenvalue weighted by Crippen LogP contribution is -1.90. The third-order valence-electron chi connectivity index (χ3n) is 1.42. The fourth-order valence-electron chi connectivity index (χ4n) is 0.821. The molecule has 1 aromatic carbocycles. The first kappa shape index (κ1) is 8.98. The van der Waals surface area contributed by atoms with E-state index in [1.54, 1.807) is 0 Å². The molecule has 13 heavy (non-hydrogen) atoms. The van der Waals surface area contributed by atoms with Crippen LogP contribution in [0.4, 0.5) is 5.69 Å². The summed E-state index contributed by atoms with van der Waals surface area (Å²) in [5.41, 5.74) is -0.0793. The highest BCUT2D eigenvalue weighted by molar-refractivity contribution is 5.83. The molecule has 0 aliphatic carbocycles. The average molecular weight is 182 g/mol.